The van der Waals surface area contributed by atoms with Gasteiger partial charge in [-0.1, -0.05) is 22.8 Å². The molecule has 4 rings (SSSR count). The van der Waals surface area contributed by atoms with Gasteiger partial charge in [0.1, 0.15) is 16.3 Å². The summed E-state index contributed by atoms with van der Waals surface area (Å²) in [5.41, 5.74) is 1.31. The van der Waals surface area contributed by atoms with Crippen LogP contribution >= 0.6 is 11.6 Å². The lowest BCUT2D eigenvalue weighted by molar-refractivity contribution is -0.159. The lowest BCUT2D eigenvalue weighted by Gasteiger charge is -2.11. The number of pyridine rings is 1. The summed E-state index contributed by atoms with van der Waals surface area (Å²) < 4.78 is 66.7. The van der Waals surface area contributed by atoms with Crippen molar-refractivity contribution in [3.8, 4) is 17.1 Å². The number of methoxy groups -OCH3 is 1. The van der Waals surface area contributed by atoms with E-state index >= 15 is 0 Å². The molecule has 32 heavy (non-hydrogen) atoms. The van der Waals surface area contributed by atoms with Gasteiger partial charge >= 0.3 is 12.1 Å². The molecular formula is C19H15ClF3N5O3S. The van der Waals surface area contributed by atoms with Gasteiger partial charge in [0.25, 0.3) is 0 Å². The standard InChI is InChI=1S/C19H15ClF3N5O3S/c1-30-14-5-3-4-13(20)16(14)32(2,29)24-8-12-10-28-9-11(6-7-15(28)25-12)17-26-18(31-27-17)19(21,22)23/h3-7,9-10H,8H2,1-2H3. The summed E-state index contributed by atoms with van der Waals surface area (Å²) in [5.74, 6) is -1.27. The van der Waals surface area contributed by atoms with Gasteiger partial charge in [-0.25, -0.2) is 13.6 Å². The molecule has 1 aromatic carbocycles. The minimum Gasteiger partial charge on any atom is -0.495 e. The minimum atomic E-state index is -4.73. The minimum absolute atomic E-state index is 0.0150. The third-order valence-electron chi connectivity index (χ3n) is 4.43. The van der Waals surface area contributed by atoms with E-state index in [-0.39, 0.29) is 17.4 Å². The highest BCUT2D eigenvalue weighted by molar-refractivity contribution is 7.93. The molecule has 3 heterocycles. The number of ether oxygens (including phenoxy) is 1. The molecular weight excluding hydrogens is 471 g/mol. The molecule has 3 aromatic heterocycles. The fourth-order valence-electron chi connectivity index (χ4n) is 2.98. The zero-order valence-corrected chi connectivity index (χ0v) is 18.2. The molecule has 4 aromatic rings. The van der Waals surface area contributed by atoms with Crippen molar-refractivity contribution >= 4 is 27.0 Å². The average Bonchev–Trinajstić information content (AvgIpc) is 3.38. The quantitative estimate of drug-likeness (QED) is 0.406. The summed E-state index contributed by atoms with van der Waals surface area (Å²) >= 11 is 6.22. The van der Waals surface area contributed by atoms with Crippen LogP contribution in [0.1, 0.15) is 11.6 Å². The van der Waals surface area contributed by atoms with Gasteiger partial charge in [0.15, 0.2) is 0 Å². The highest BCUT2D eigenvalue weighted by atomic mass is 35.5. The van der Waals surface area contributed by atoms with E-state index in [1.165, 1.54) is 25.6 Å². The summed E-state index contributed by atoms with van der Waals surface area (Å²) in [7, 11) is -1.45. The van der Waals surface area contributed by atoms with Crippen molar-refractivity contribution in [3.05, 3.63) is 59.3 Å². The number of nitrogens with zero attached hydrogens (tertiary/aromatic N) is 5. The van der Waals surface area contributed by atoms with Crippen LogP contribution in [0.25, 0.3) is 17.0 Å². The van der Waals surface area contributed by atoms with Crippen LogP contribution in [0.2, 0.25) is 5.02 Å². The van der Waals surface area contributed by atoms with Crippen molar-refractivity contribution in [3.63, 3.8) is 0 Å². The number of halogens is 4. The molecule has 0 spiro atoms. The first kappa shape index (κ1) is 22.1. The Morgan fingerprint density at radius 3 is 2.69 bits per heavy atom. The molecule has 0 bridgehead atoms. The molecule has 0 saturated heterocycles. The van der Waals surface area contributed by atoms with Crippen molar-refractivity contribution in [1.29, 1.82) is 0 Å². The van der Waals surface area contributed by atoms with E-state index in [9.17, 15) is 17.4 Å². The summed E-state index contributed by atoms with van der Waals surface area (Å²) in [4.78, 5) is 8.06. The van der Waals surface area contributed by atoms with E-state index < -0.39 is 21.8 Å². The number of alkyl halides is 3. The summed E-state index contributed by atoms with van der Waals surface area (Å²) in [6.07, 6.45) is -0.139. The van der Waals surface area contributed by atoms with E-state index in [0.29, 0.717) is 27.5 Å². The number of fused-ring (bicyclic) bond motifs is 1. The molecule has 13 heteroatoms. The fraction of sp³-hybridized carbons (Fsp3) is 0.211. The number of rotatable bonds is 5. The molecule has 0 fully saturated rings. The van der Waals surface area contributed by atoms with Crippen LogP contribution in [-0.4, -0.2) is 37.1 Å². The Kier molecular flexibility index (Phi) is 5.59. The molecule has 1 unspecified atom stereocenters. The maximum atomic E-state index is 13.2. The van der Waals surface area contributed by atoms with E-state index in [1.54, 1.807) is 34.9 Å². The number of aromatic nitrogens is 4. The Labute approximate surface area is 185 Å². The van der Waals surface area contributed by atoms with E-state index in [1.807, 2.05) is 0 Å². The van der Waals surface area contributed by atoms with Crippen LogP contribution in [0.4, 0.5) is 13.2 Å². The topological polar surface area (TPSA) is 94.9 Å². The zero-order valence-electron chi connectivity index (χ0n) is 16.6. The molecule has 0 aliphatic heterocycles. The first-order chi connectivity index (χ1) is 15.1. The lowest BCUT2D eigenvalue weighted by atomic mass is 10.3. The molecule has 0 N–H and O–H groups in total. The van der Waals surface area contributed by atoms with Gasteiger partial charge in [0.05, 0.1) is 34.1 Å². The van der Waals surface area contributed by atoms with Gasteiger partial charge in [-0.3, -0.25) is 0 Å². The predicted molar refractivity (Wildman–Crippen MR) is 110 cm³/mol. The normalized spacial score (nSPS) is 13.8. The Balaban J connectivity index is 1.64. The van der Waals surface area contributed by atoms with E-state index in [0.717, 1.165) is 0 Å². The third-order valence-corrected chi connectivity index (χ3v) is 6.66. The first-order valence-electron chi connectivity index (χ1n) is 8.98. The van der Waals surface area contributed by atoms with Crippen LogP contribution in [0.3, 0.4) is 0 Å². The first-order valence-corrected chi connectivity index (χ1v) is 11.3. The van der Waals surface area contributed by atoms with Crippen LogP contribution in [0.5, 0.6) is 5.75 Å². The second-order valence-corrected chi connectivity index (χ2v) is 9.38. The van der Waals surface area contributed by atoms with Crippen molar-refractivity contribution in [2.24, 2.45) is 4.36 Å². The summed E-state index contributed by atoms with van der Waals surface area (Å²) in [6, 6.07) is 8.04. The molecule has 0 amide bonds. The van der Waals surface area contributed by atoms with E-state index in [4.69, 9.17) is 16.3 Å². The largest absolute Gasteiger partial charge is 0.495 e. The molecule has 168 valence electrons. The zero-order chi connectivity index (χ0) is 23.1. The smallest absolute Gasteiger partial charge is 0.471 e. The van der Waals surface area contributed by atoms with Gasteiger partial charge in [-0.15, -0.1) is 0 Å². The van der Waals surface area contributed by atoms with Crippen molar-refractivity contribution in [2.45, 2.75) is 17.6 Å². The molecule has 0 aliphatic rings. The van der Waals surface area contributed by atoms with Crippen LogP contribution in [0.15, 0.2) is 56.5 Å². The molecule has 1 atom stereocenters. The van der Waals surface area contributed by atoms with Gasteiger partial charge in [0.2, 0.25) is 5.82 Å². The number of hydrogen-bond donors (Lipinski definition) is 0. The van der Waals surface area contributed by atoms with E-state index in [2.05, 4.69) is 24.0 Å². The summed E-state index contributed by atoms with van der Waals surface area (Å²) in [6.45, 7) is 0.0150. The lowest BCUT2D eigenvalue weighted by Crippen LogP contribution is -2.04. The number of imidazole rings is 1. The Morgan fingerprint density at radius 2 is 2.00 bits per heavy atom. The predicted octanol–water partition coefficient (Wildman–Crippen LogP) is 4.72. The van der Waals surface area contributed by atoms with Crippen LogP contribution in [0, 0.1) is 0 Å². The number of hydrogen-bond acceptors (Lipinski definition) is 7. The van der Waals surface area contributed by atoms with Gasteiger partial charge < -0.3 is 13.7 Å². The highest BCUT2D eigenvalue weighted by Gasteiger charge is 2.38. The SMILES string of the molecule is COc1cccc(Cl)c1S(C)(=O)=NCc1cn2cc(-c3noc(C(F)(F)F)n3)ccc2n1. The van der Waals surface area contributed by atoms with Crippen LogP contribution in [-0.2, 0) is 22.5 Å². The third kappa shape index (κ3) is 4.28. The average molecular weight is 486 g/mol. The molecule has 0 saturated carbocycles. The molecule has 0 radical (unpaired) electrons. The molecule has 0 aliphatic carbocycles. The second-order valence-electron chi connectivity index (χ2n) is 6.70. The van der Waals surface area contributed by atoms with Crippen molar-refractivity contribution < 1.29 is 26.6 Å². The van der Waals surface area contributed by atoms with Gasteiger partial charge in [-0.05, 0) is 24.3 Å². The highest BCUT2D eigenvalue weighted by Crippen LogP contribution is 2.32. The van der Waals surface area contributed by atoms with Crippen molar-refractivity contribution in [1.82, 2.24) is 19.5 Å². The molecule has 8 nitrogen and oxygen atoms in total. The van der Waals surface area contributed by atoms with Gasteiger partial charge in [0, 0.05) is 24.2 Å². The monoisotopic (exact) mass is 485 g/mol. The van der Waals surface area contributed by atoms with Crippen LogP contribution < -0.4 is 4.74 Å². The fourth-order valence-corrected chi connectivity index (χ4v) is 5.04. The second kappa shape index (κ2) is 8.10. The maximum Gasteiger partial charge on any atom is 0.471 e. The summed E-state index contributed by atoms with van der Waals surface area (Å²) in [5, 5.41) is 3.65. The Bertz CT molecular complexity index is 1420. The Hall–Kier alpha value is -3.12. The number of benzene rings is 1. The maximum absolute atomic E-state index is 13.2. The van der Waals surface area contributed by atoms with Gasteiger partial charge in [-0.2, -0.15) is 18.2 Å². The Morgan fingerprint density at radius 1 is 1.22 bits per heavy atom. The van der Waals surface area contributed by atoms with Crippen molar-refractivity contribution in [2.75, 3.05) is 13.4 Å².